The van der Waals surface area contributed by atoms with Crippen molar-refractivity contribution < 1.29 is 33.3 Å². The van der Waals surface area contributed by atoms with E-state index in [1.165, 1.54) is 19.1 Å². The van der Waals surface area contributed by atoms with Crippen molar-refractivity contribution in [3.63, 3.8) is 0 Å². The fourth-order valence-corrected chi connectivity index (χ4v) is 5.05. The summed E-state index contributed by atoms with van der Waals surface area (Å²) < 4.78 is 22.5. The Morgan fingerprint density at radius 2 is 1.74 bits per heavy atom. The predicted molar refractivity (Wildman–Crippen MR) is 147 cm³/mol. The van der Waals surface area contributed by atoms with Gasteiger partial charge in [-0.25, -0.2) is 0 Å². The van der Waals surface area contributed by atoms with Crippen LogP contribution in [-0.4, -0.2) is 37.6 Å². The van der Waals surface area contributed by atoms with Crippen LogP contribution in [0.4, 0.5) is 5.69 Å². The number of amides is 1. The maximum atomic E-state index is 14.0. The van der Waals surface area contributed by atoms with Crippen LogP contribution in [-0.2, 0) is 4.79 Å². The van der Waals surface area contributed by atoms with Crippen molar-refractivity contribution in [2.75, 3.05) is 25.7 Å². The van der Waals surface area contributed by atoms with Gasteiger partial charge in [-0.3, -0.25) is 14.5 Å². The quantitative estimate of drug-likeness (QED) is 0.271. The molecule has 1 atom stereocenters. The van der Waals surface area contributed by atoms with E-state index in [0.717, 1.165) is 11.1 Å². The second-order valence-electron chi connectivity index (χ2n) is 9.29. The molecule has 0 fully saturated rings. The number of ether oxygens (including phenoxy) is 3. The lowest BCUT2D eigenvalue weighted by Crippen LogP contribution is -2.31. The van der Waals surface area contributed by atoms with Gasteiger partial charge < -0.3 is 23.7 Å². The number of aliphatic hydroxyl groups excluding tert-OH is 1. The molecule has 1 amide bonds. The predicted octanol–water partition coefficient (Wildman–Crippen LogP) is 6.25. The van der Waals surface area contributed by atoms with E-state index in [-0.39, 0.29) is 11.3 Å². The van der Waals surface area contributed by atoms with Crippen LogP contribution < -0.4 is 19.1 Å². The molecule has 4 aromatic rings. The Kier molecular flexibility index (Phi) is 6.78. The minimum atomic E-state index is -0.952. The van der Waals surface area contributed by atoms with Gasteiger partial charge in [0.25, 0.3) is 5.91 Å². The zero-order valence-corrected chi connectivity index (χ0v) is 22.4. The van der Waals surface area contributed by atoms with Crippen LogP contribution in [0.25, 0.3) is 11.0 Å². The monoisotopic (exact) mass is 527 g/mol. The molecule has 200 valence electrons. The number of anilines is 1. The molecule has 1 N–H and O–H groups in total. The van der Waals surface area contributed by atoms with Gasteiger partial charge in [0.05, 0.1) is 32.4 Å². The Morgan fingerprint density at radius 3 is 2.44 bits per heavy atom. The van der Waals surface area contributed by atoms with Gasteiger partial charge in [-0.2, -0.15) is 0 Å². The van der Waals surface area contributed by atoms with Gasteiger partial charge in [0.15, 0.2) is 34.4 Å². The Bertz CT molecular complexity index is 1630. The van der Waals surface area contributed by atoms with Gasteiger partial charge in [-0.05, 0) is 62.2 Å². The second kappa shape index (κ2) is 10.2. The number of Topliss-reactive ketones (excluding diaryl/α,β-unsaturated/α-hetero) is 1. The number of ketones is 1. The van der Waals surface area contributed by atoms with Crippen LogP contribution >= 0.6 is 0 Å². The summed E-state index contributed by atoms with van der Waals surface area (Å²) in [7, 11) is 3.05. The van der Waals surface area contributed by atoms with E-state index in [2.05, 4.69) is 0 Å². The van der Waals surface area contributed by atoms with Crippen molar-refractivity contribution in [2.24, 2.45) is 0 Å². The van der Waals surface area contributed by atoms with E-state index in [1.807, 2.05) is 39.0 Å². The smallest absolute Gasteiger partial charge is 0.294 e. The topological polar surface area (TPSA) is 98.4 Å². The second-order valence-corrected chi connectivity index (χ2v) is 9.29. The van der Waals surface area contributed by atoms with E-state index in [1.54, 1.807) is 42.5 Å². The number of nitrogens with zero attached hydrogens (tertiary/aromatic N) is 1. The Morgan fingerprint density at radius 1 is 0.974 bits per heavy atom. The Balaban J connectivity index is 1.70. The van der Waals surface area contributed by atoms with Crippen LogP contribution in [0, 0.1) is 13.8 Å². The number of hydrogen-bond donors (Lipinski definition) is 1. The molecule has 2 heterocycles. The lowest BCUT2D eigenvalue weighted by molar-refractivity contribution is -0.117. The van der Waals surface area contributed by atoms with E-state index in [9.17, 15) is 14.7 Å². The Labute approximate surface area is 226 Å². The first-order chi connectivity index (χ1) is 18.8. The maximum absolute atomic E-state index is 14.0. The van der Waals surface area contributed by atoms with E-state index >= 15 is 0 Å². The lowest BCUT2D eigenvalue weighted by atomic mass is 9.94. The molecule has 5 rings (SSSR count). The number of methoxy groups -OCH3 is 2. The van der Waals surface area contributed by atoms with Crippen LogP contribution in [0.15, 0.2) is 76.4 Å². The fourth-order valence-electron chi connectivity index (χ4n) is 5.05. The Hall–Kier alpha value is -4.72. The third kappa shape index (κ3) is 4.37. The SMILES string of the molecule is CCOc1cc(C2C(C(=O)c3cc4cccc(OC)c4o3)=C(O)C(=O)N2c2ccc(C)cc2C)ccc1OC. The molecular formula is C31H29NO7. The van der Waals surface area contributed by atoms with Crippen molar-refractivity contribution in [2.45, 2.75) is 26.8 Å². The third-order valence-corrected chi connectivity index (χ3v) is 6.82. The number of fused-ring (bicyclic) bond motifs is 1. The number of carbonyl (C=O) groups excluding carboxylic acids is 2. The highest BCUT2D eigenvalue weighted by Crippen LogP contribution is 2.45. The van der Waals surface area contributed by atoms with Crippen LogP contribution in [0.5, 0.6) is 17.2 Å². The molecule has 0 radical (unpaired) electrons. The van der Waals surface area contributed by atoms with Gasteiger partial charge in [0.2, 0.25) is 5.78 Å². The molecule has 0 bridgehead atoms. The van der Waals surface area contributed by atoms with E-state index in [0.29, 0.717) is 46.1 Å². The van der Waals surface area contributed by atoms with Crippen LogP contribution in [0.3, 0.4) is 0 Å². The van der Waals surface area contributed by atoms with Crippen molar-refractivity contribution in [3.8, 4) is 17.2 Å². The highest BCUT2D eigenvalue weighted by Gasteiger charge is 2.46. The van der Waals surface area contributed by atoms with Crippen molar-refractivity contribution in [1.82, 2.24) is 0 Å². The van der Waals surface area contributed by atoms with Crippen molar-refractivity contribution in [1.29, 1.82) is 0 Å². The summed E-state index contributed by atoms with van der Waals surface area (Å²) in [5.74, 6) is -0.508. The molecule has 8 nitrogen and oxygen atoms in total. The summed E-state index contributed by atoms with van der Waals surface area (Å²) in [6, 6.07) is 16.8. The highest BCUT2D eigenvalue weighted by atomic mass is 16.5. The first-order valence-corrected chi connectivity index (χ1v) is 12.5. The summed E-state index contributed by atoms with van der Waals surface area (Å²) in [6.07, 6.45) is 0. The molecule has 0 spiro atoms. The average molecular weight is 528 g/mol. The number of para-hydroxylation sites is 1. The summed E-state index contributed by atoms with van der Waals surface area (Å²) in [6.45, 7) is 6.08. The van der Waals surface area contributed by atoms with E-state index in [4.69, 9.17) is 18.6 Å². The number of aryl methyl sites for hydroxylation is 2. The van der Waals surface area contributed by atoms with Gasteiger partial charge in [-0.15, -0.1) is 0 Å². The van der Waals surface area contributed by atoms with Gasteiger partial charge in [0, 0.05) is 11.1 Å². The molecule has 1 unspecified atom stereocenters. The minimum absolute atomic E-state index is 0.0186. The summed E-state index contributed by atoms with van der Waals surface area (Å²) in [5, 5.41) is 11.9. The third-order valence-electron chi connectivity index (χ3n) is 6.82. The molecule has 1 aromatic heterocycles. The maximum Gasteiger partial charge on any atom is 0.294 e. The summed E-state index contributed by atoms with van der Waals surface area (Å²) in [5.41, 5.74) is 3.29. The number of furan rings is 1. The normalized spacial score (nSPS) is 15.3. The first-order valence-electron chi connectivity index (χ1n) is 12.5. The van der Waals surface area contributed by atoms with Crippen LogP contribution in [0.1, 0.15) is 40.2 Å². The standard InChI is InChI=1S/C31H29NO7/c1-6-38-24-15-19(11-13-22(24)36-4)27-26(28(33)25-16-20-8-7-9-23(37-5)30(20)39-25)29(34)31(35)32(27)21-12-10-17(2)14-18(21)3/h7-16,27,34H,6H2,1-5H3. The molecule has 1 aliphatic heterocycles. The van der Waals surface area contributed by atoms with Crippen molar-refractivity contribution >= 4 is 28.3 Å². The minimum Gasteiger partial charge on any atom is -0.503 e. The molecule has 39 heavy (non-hydrogen) atoms. The molecule has 0 saturated carbocycles. The fraction of sp³-hybridized carbons (Fsp3) is 0.226. The van der Waals surface area contributed by atoms with Gasteiger partial charge in [-0.1, -0.05) is 35.9 Å². The highest BCUT2D eigenvalue weighted by molar-refractivity contribution is 6.21. The lowest BCUT2D eigenvalue weighted by Gasteiger charge is -2.28. The molecule has 0 aliphatic carbocycles. The number of aliphatic hydroxyl groups is 1. The molecular weight excluding hydrogens is 498 g/mol. The first kappa shape index (κ1) is 25.9. The number of benzene rings is 3. The van der Waals surface area contributed by atoms with E-state index < -0.39 is 23.5 Å². The molecule has 1 aliphatic rings. The van der Waals surface area contributed by atoms with Crippen LogP contribution in [0.2, 0.25) is 0 Å². The number of carbonyl (C=O) groups is 2. The number of hydrogen-bond acceptors (Lipinski definition) is 7. The van der Waals surface area contributed by atoms with Crippen molar-refractivity contribution in [3.05, 3.63) is 94.4 Å². The van der Waals surface area contributed by atoms with Gasteiger partial charge >= 0.3 is 0 Å². The summed E-state index contributed by atoms with van der Waals surface area (Å²) in [4.78, 5) is 29.1. The average Bonchev–Trinajstić information content (AvgIpc) is 3.48. The number of rotatable bonds is 8. The molecule has 3 aromatic carbocycles. The molecule has 0 saturated heterocycles. The zero-order chi connectivity index (χ0) is 27.8. The molecule has 8 heteroatoms. The largest absolute Gasteiger partial charge is 0.503 e. The zero-order valence-electron chi connectivity index (χ0n) is 22.4. The van der Waals surface area contributed by atoms with Gasteiger partial charge in [0.1, 0.15) is 0 Å². The summed E-state index contributed by atoms with van der Waals surface area (Å²) >= 11 is 0.